The van der Waals surface area contributed by atoms with Crippen LogP contribution in [-0.2, 0) is 4.74 Å². The fourth-order valence-electron chi connectivity index (χ4n) is 4.20. The van der Waals surface area contributed by atoms with Crippen molar-refractivity contribution < 1.29 is 19.0 Å². The Morgan fingerprint density at radius 3 is 2.42 bits per heavy atom. The molecule has 2 fully saturated rings. The van der Waals surface area contributed by atoms with E-state index < -0.39 is 11.9 Å². The quantitative estimate of drug-likeness (QED) is 0.595. The van der Waals surface area contributed by atoms with E-state index in [4.69, 9.17) is 16.3 Å². The highest BCUT2D eigenvalue weighted by atomic mass is 35.5. The predicted molar refractivity (Wildman–Crippen MR) is 126 cm³/mol. The number of nitrogens with one attached hydrogen (secondary N) is 1. The number of amides is 1. The van der Waals surface area contributed by atoms with Gasteiger partial charge in [-0.3, -0.25) is 4.90 Å². The molecular weight excluding hydrogens is 447 g/mol. The summed E-state index contributed by atoms with van der Waals surface area (Å²) in [7, 11) is 0. The maximum Gasteiger partial charge on any atom is 0.414 e. The van der Waals surface area contributed by atoms with Gasteiger partial charge in [0.1, 0.15) is 24.0 Å². The summed E-state index contributed by atoms with van der Waals surface area (Å²) in [5.74, 6) is 0.240. The van der Waals surface area contributed by atoms with Crippen molar-refractivity contribution in [1.29, 1.82) is 0 Å². The number of phenols is 1. The van der Waals surface area contributed by atoms with Crippen molar-refractivity contribution in [3.63, 3.8) is 0 Å². The van der Waals surface area contributed by atoms with Crippen LogP contribution in [0.1, 0.15) is 0 Å². The van der Waals surface area contributed by atoms with Gasteiger partial charge >= 0.3 is 6.09 Å². The molecule has 0 atom stereocenters. The van der Waals surface area contributed by atoms with Gasteiger partial charge in [0.25, 0.3) is 0 Å². The molecule has 1 aromatic heterocycles. The molecule has 0 aliphatic carbocycles. The fraction of sp³-hybridized carbons (Fsp3) is 0.250. The number of halogens is 2. The largest absolute Gasteiger partial charge is 0.507 e. The Balaban J connectivity index is 1.52. The van der Waals surface area contributed by atoms with Gasteiger partial charge in [-0.25, -0.2) is 14.2 Å². The van der Waals surface area contributed by atoms with E-state index in [0.29, 0.717) is 46.1 Å². The lowest BCUT2D eigenvalue weighted by atomic mass is 9.97. The Morgan fingerprint density at radius 2 is 1.76 bits per heavy atom. The van der Waals surface area contributed by atoms with Crippen LogP contribution >= 0.6 is 11.6 Å². The molecule has 1 amide bonds. The lowest BCUT2D eigenvalue weighted by Gasteiger charge is -2.28. The van der Waals surface area contributed by atoms with E-state index in [0.717, 1.165) is 32.0 Å². The minimum Gasteiger partial charge on any atom is -0.507 e. The second kappa shape index (κ2) is 8.88. The number of carbonyl (C=O) groups is 1. The third-order valence-corrected chi connectivity index (χ3v) is 6.19. The maximum atomic E-state index is 14.7. The van der Waals surface area contributed by atoms with Crippen molar-refractivity contribution >= 4 is 29.2 Å². The number of aromatic nitrogens is 1. The molecule has 5 rings (SSSR count). The van der Waals surface area contributed by atoms with Crippen molar-refractivity contribution in [2.75, 3.05) is 49.1 Å². The number of phenolic OH excluding ortho intramolecular Hbond substituents is 1. The van der Waals surface area contributed by atoms with Crippen molar-refractivity contribution in [3.05, 3.63) is 59.5 Å². The summed E-state index contributed by atoms with van der Waals surface area (Å²) in [6.45, 7) is 4.09. The third-order valence-electron chi connectivity index (χ3n) is 5.88. The highest BCUT2D eigenvalue weighted by Gasteiger charge is 2.26. The van der Waals surface area contributed by atoms with Gasteiger partial charge in [0.05, 0.1) is 17.3 Å². The van der Waals surface area contributed by atoms with Crippen molar-refractivity contribution in [2.45, 2.75) is 0 Å². The van der Waals surface area contributed by atoms with E-state index in [1.54, 1.807) is 30.5 Å². The van der Waals surface area contributed by atoms with Crippen LogP contribution in [0.25, 0.3) is 22.3 Å². The number of carbonyl (C=O) groups excluding carboxylic acids is 1. The van der Waals surface area contributed by atoms with Crippen LogP contribution in [0.5, 0.6) is 5.75 Å². The van der Waals surface area contributed by atoms with E-state index >= 15 is 0 Å². The van der Waals surface area contributed by atoms with E-state index in [1.165, 1.54) is 17.0 Å². The number of nitrogens with zero attached hydrogens (tertiary/aromatic N) is 3. The van der Waals surface area contributed by atoms with Crippen molar-refractivity contribution in [1.82, 2.24) is 10.3 Å². The first-order valence-electron chi connectivity index (χ1n) is 10.7. The van der Waals surface area contributed by atoms with Gasteiger partial charge in [-0.05, 0) is 47.5 Å². The van der Waals surface area contributed by atoms with Crippen LogP contribution in [0.4, 0.5) is 20.7 Å². The van der Waals surface area contributed by atoms with Gasteiger partial charge in [0, 0.05) is 43.5 Å². The molecule has 2 saturated heterocycles. The molecule has 0 saturated carbocycles. The molecule has 2 aliphatic heterocycles. The number of aromatic hydroxyl groups is 1. The van der Waals surface area contributed by atoms with Crippen molar-refractivity contribution in [2.24, 2.45) is 0 Å². The van der Waals surface area contributed by atoms with Crippen molar-refractivity contribution in [3.8, 4) is 28.0 Å². The number of piperazine rings is 1. The number of pyridine rings is 1. The zero-order chi connectivity index (χ0) is 22.9. The molecule has 2 aromatic carbocycles. The minimum absolute atomic E-state index is 0.0572. The second-order valence-corrected chi connectivity index (χ2v) is 8.33. The monoisotopic (exact) mass is 468 g/mol. The van der Waals surface area contributed by atoms with Gasteiger partial charge in [-0.15, -0.1) is 0 Å². The zero-order valence-corrected chi connectivity index (χ0v) is 18.5. The summed E-state index contributed by atoms with van der Waals surface area (Å²) < 4.78 is 19.6. The third kappa shape index (κ3) is 4.19. The molecule has 2 aliphatic rings. The summed E-state index contributed by atoms with van der Waals surface area (Å²) >= 11 is 6.44. The van der Waals surface area contributed by atoms with Gasteiger partial charge in [0.15, 0.2) is 0 Å². The smallest absolute Gasteiger partial charge is 0.414 e. The Bertz CT molecular complexity index is 1220. The minimum atomic E-state index is -0.485. The second-order valence-electron chi connectivity index (χ2n) is 7.92. The number of benzene rings is 2. The van der Waals surface area contributed by atoms with Crippen LogP contribution in [0.15, 0.2) is 48.7 Å². The molecule has 33 heavy (non-hydrogen) atoms. The molecule has 2 N–H and O–H groups in total. The van der Waals surface area contributed by atoms with Gasteiger partial charge in [-0.2, -0.15) is 0 Å². The van der Waals surface area contributed by atoms with Crippen LogP contribution in [0.2, 0.25) is 5.02 Å². The van der Waals surface area contributed by atoms with Crippen LogP contribution in [-0.4, -0.2) is 55.5 Å². The normalized spacial score (nSPS) is 16.2. The molecule has 0 unspecified atom stereocenters. The standard InChI is InChI=1S/C24H22ClFN4O3/c25-20-11-15(1-2-21(20)30-9-10-33-24(30)32)18-13-17(26)14-19(23(18)31)16-3-4-28-22(12-16)29-7-5-27-6-8-29/h1-4,11-14,27,31H,5-10H2. The lowest BCUT2D eigenvalue weighted by molar-refractivity contribution is 0.181. The highest BCUT2D eigenvalue weighted by Crippen LogP contribution is 2.41. The fourth-order valence-corrected chi connectivity index (χ4v) is 4.48. The first-order valence-corrected chi connectivity index (χ1v) is 11.1. The predicted octanol–water partition coefficient (Wildman–Crippen LogP) is 4.28. The average Bonchev–Trinajstić information content (AvgIpc) is 3.26. The molecule has 0 radical (unpaired) electrons. The summed E-state index contributed by atoms with van der Waals surface area (Å²) in [5, 5.41) is 14.7. The van der Waals surface area contributed by atoms with Crippen LogP contribution in [0.3, 0.4) is 0 Å². The molecular formula is C24H22ClFN4O3. The van der Waals surface area contributed by atoms with Gasteiger partial charge in [-0.1, -0.05) is 17.7 Å². The number of anilines is 2. The number of rotatable bonds is 4. The molecule has 170 valence electrons. The van der Waals surface area contributed by atoms with Crippen LogP contribution < -0.4 is 15.1 Å². The lowest BCUT2D eigenvalue weighted by Crippen LogP contribution is -2.43. The molecule has 3 aromatic rings. The summed E-state index contributed by atoms with van der Waals surface area (Å²) in [5.41, 5.74) is 2.38. The molecule has 9 heteroatoms. The highest BCUT2D eigenvalue weighted by molar-refractivity contribution is 6.34. The van der Waals surface area contributed by atoms with Crippen LogP contribution in [0, 0.1) is 5.82 Å². The summed E-state index contributed by atoms with van der Waals surface area (Å²) in [6, 6.07) is 11.2. The number of hydrogen-bond acceptors (Lipinski definition) is 6. The summed E-state index contributed by atoms with van der Waals surface area (Å²) in [6.07, 6.45) is 1.20. The maximum absolute atomic E-state index is 14.7. The number of hydrogen-bond donors (Lipinski definition) is 2. The average molecular weight is 469 g/mol. The van der Waals surface area contributed by atoms with E-state index in [9.17, 15) is 14.3 Å². The van der Waals surface area contributed by atoms with E-state index in [2.05, 4.69) is 15.2 Å². The van der Waals surface area contributed by atoms with Gasteiger partial charge < -0.3 is 20.1 Å². The summed E-state index contributed by atoms with van der Waals surface area (Å²) in [4.78, 5) is 19.9. The van der Waals surface area contributed by atoms with E-state index in [-0.39, 0.29) is 5.75 Å². The number of cyclic esters (lactones) is 1. The Morgan fingerprint density at radius 1 is 1.03 bits per heavy atom. The first-order chi connectivity index (χ1) is 16.0. The molecule has 3 heterocycles. The Labute approximate surface area is 195 Å². The number of ether oxygens (including phenoxy) is 1. The Hall–Kier alpha value is -3.36. The van der Waals surface area contributed by atoms with Gasteiger partial charge in [0.2, 0.25) is 0 Å². The SMILES string of the molecule is O=C1OCCN1c1ccc(-c2cc(F)cc(-c3ccnc(N4CCNCC4)c3)c2O)cc1Cl. The molecule has 7 nitrogen and oxygen atoms in total. The Kier molecular flexibility index (Phi) is 5.78. The molecule has 0 bridgehead atoms. The topological polar surface area (TPSA) is 77.9 Å². The zero-order valence-electron chi connectivity index (χ0n) is 17.7. The molecule has 0 spiro atoms. The first kappa shape index (κ1) is 21.5. The van der Waals surface area contributed by atoms with E-state index in [1.807, 2.05) is 6.07 Å².